The van der Waals surface area contributed by atoms with Crippen LogP contribution in [-0.4, -0.2) is 59.4 Å². The molecule has 2 fully saturated rings. The van der Waals surface area contributed by atoms with Crippen LogP contribution in [0.1, 0.15) is 44.2 Å². The molecule has 5 heteroatoms. The van der Waals surface area contributed by atoms with Gasteiger partial charge in [0, 0.05) is 45.6 Å². The van der Waals surface area contributed by atoms with Gasteiger partial charge >= 0.3 is 0 Å². The molecule has 1 aromatic rings. The van der Waals surface area contributed by atoms with E-state index < -0.39 is 0 Å². The lowest BCUT2D eigenvalue weighted by atomic mass is 9.77. The average molecular weight is 357 g/mol. The summed E-state index contributed by atoms with van der Waals surface area (Å²) < 4.78 is 0. The first-order chi connectivity index (χ1) is 12.4. The number of hydrogen-bond acceptors (Lipinski definition) is 4. The minimum absolute atomic E-state index is 0.00668. The van der Waals surface area contributed by atoms with Crippen LogP contribution in [0.5, 0.6) is 0 Å². The van der Waals surface area contributed by atoms with Gasteiger partial charge in [-0.2, -0.15) is 0 Å². The predicted octanol–water partition coefficient (Wildman–Crippen LogP) is 2.64. The van der Waals surface area contributed by atoms with Gasteiger partial charge in [0.15, 0.2) is 0 Å². The van der Waals surface area contributed by atoms with Crippen molar-refractivity contribution in [3.8, 4) is 0 Å². The molecule has 0 aromatic heterocycles. The number of nitrogens with zero attached hydrogens (tertiary/aromatic N) is 3. The number of carbonyl (C=O) groups is 2. The number of likely N-dealkylation sites (tertiary alicyclic amines) is 1. The van der Waals surface area contributed by atoms with Crippen molar-refractivity contribution in [1.82, 2.24) is 14.7 Å². The van der Waals surface area contributed by atoms with E-state index in [1.165, 1.54) is 16.0 Å². The zero-order chi connectivity index (χ0) is 18.7. The van der Waals surface area contributed by atoms with E-state index >= 15 is 0 Å². The maximum Gasteiger partial charge on any atom is 0.230 e. The Kier molecular flexibility index (Phi) is 5.78. The summed E-state index contributed by atoms with van der Waals surface area (Å²) in [5, 5.41) is 0. The first-order valence-corrected chi connectivity index (χ1v) is 9.72. The van der Waals surface area contributed by atoms with E-state index in [1.54, 1.807) is 0 Å². The fourth-order valence-electron chi connectivity index (χ4n) is 3.89. The number of imide groups is 1. The van der Waals surface area contributed by atoms with Crippen molar-refractivity contribution in [3.63, 3.8) is 0 Å². The molecule has 0 aliphatic carbocycles. The molecule has 142 valence electrons. The van der Waals surface area contributed by atoms with Gasteiger partial charge in [-0.1, -0.05) is 43.7 Å². The molecule has 0 spiro atoms. The molecule has 0 saturated carbocycles. The van der Waals surface area contributed by atoms with Crippen molar-refractivity contribution in [1.29, 1.82) is 0 Å². The third-order valence-electron chi connectivity index (χ3n) is 5.91. The molecule has 26 heavy (non-hydrogen) atoms. The highest BCUT2D eigenvalue weighted by Crippen LogP contribution is 2.35. The van der Waals surface area contributed by atoms with Crippen molar-refractivity contribution in [3.05, 3.63) is 35.4 Å². The fourth-order valence-corrected chi connectivity index (χ4v) is 3.89. The average Bonchev–Trinajstić information content (AvgIpc) is 2.60. The zero-order valence-corrected chi connectivity index (χ0v) is 16.3. The molecule has 2 saturated heterocycles. The highest BCUT2D eigenvalue weighted by molar-refractivity contribution is 5.98. The monoisotopic (exact) mass is 357 g/mol. The van der Waals surface area contributed by atoms with E-state index in [0.717, 1.165) is 39.1 Å². The van der Waals surface area contributed by atoms with Crippen molar-refractivity contribution >= 4 is 11.8 Å². The van der Waals surface area contributed by atoms with Crippen LogP contribution in [0.3, 0.4) is 0 Å². The molecule has 2 heterocycles. The number of piperidine rings is 1. The summed E-state index contributed by atoms with van der Waals surface area (Å²) in [6, 6.07) is 8.65. The highest BCUT2D eigenvalue weighted by Gasteiger charge is 2.39. The van der Waals surface area contributed by atoms with Gasteiger partial charge in [0.25, 0.3) is 0 Å². The number of benzene rings is 1. The van der Waals surface area contributed by atoms with Gasteiger partial charge in [0.05, 0.1) is 6.67 Å². The van der Waals surface area contributed by atoms with Gasteiger partial charge in [-0.25, -0.2) is 0 Å². The van der Waals surface area contributed by atoms with Crippen LogP contribution in [0.25, 0.3) is 0 Å². The SMILES string of the molecule is CCC1(C)CC(=O)N(CN2CCN(Cc3cccc(C)c3)CC2)C(=O)C1. The van der Waals surface area contributed by atoms with E-state index in [1.807, 2.05) is 6.92 Å². The standard InChI is InChI=1S/C21H31N3O2/c1-4-21(3)13-19(25)24(20(26)14-21)16-23-10-8-22(9-11-23)15-18-7-5-6-17(2)12-18/h5-7,12H,4,8-11,13-16H2,1-3H3. The van der Waals surface area contributed by atoms with E-state index in [0.29, 0.717) is 19.5 Å². The second kappa shape index (κ2) is 7.89. The number of carbonyl (C=O) groups excluding carboxylic acids is 2. The number of amides is 2. The van der Waals surface area contributed by atoms with Crippen LogP contribution in [0.2, 0.25) is 0 Å². The topological polar surface area (TPSA) is 43.9 Å². The van der Waals surface area contributed by atoms with Gasteiger partial charge < -0.3 is 0 Å². The van der Waals surface area contributed by atoms with Crippen molar-refractivity contribution < 1.29 is 9.59 Å². The lowest BCUT2D eigenvalue weighted by Gasteiger charge is -2.41. The van der Waals surface area contributed by atoms with Gasteiger partial charge in [0.1, 0.15) is 0 Å². The molecule has 0 N–H and O–H groups in total. The Balaban J connectivity index is 1.49. The summed E-state index contributed by atoms with van der Waals surface area (Å²) in [6.45, 7) is 11.4. The quantitative estimate of drug-likeness (QED) is 0.760. The molecule has 3 rings (SSSR count). The van der Waals surface area contributed by atoms with E-state index in [9.17, 15) is 9.59 Å². The number of aryl methyl sites for hydroxylation is 1. The third-order valence-corrected chi connectivity index (χ3v) is 5.91. The van der Waals surface area contributed by atoms with E-state index in [2.05, 4.69) is 47.9 Å². The second-order valence-electron chi connectivity index (χ2n) is 8.26. The number of rotatable bonds is 5. The largest absolute Gasteiger partial charge is 0.297 e. The molecular weight excluding hydrogens is 326 g/mol. The summed E-state index contributed by atoms with van der Waals surface area (Å²) in [4.78, 5) is 31.1. The molecule has 2 amide bonds. The highest BCUT2D eigenvalue weighted by atomic mass is 16.2. The minimum Gasteiger partial charge on any atom is -0.297 e. The molecule has 0 bridgehead atoms. The molecule has 1 aromatic carbocycles. The summed E-state index contributed by atoms with van der Waals surface area (Å²) >= 11 is 0. The predicted molar refractivity (Wildman–Crippen MR) is 102 cm³/mol. The number of hydrogen-bond donors (Lipinski definition) is 0. The molecule has 0 radical (unpaired) electrons. The molecular formula is C21H31N3O2. The van der Waals surface area contributed by atoms with Crippen molar-refractivity contribution in [2.75, 3.05) is 32.8 Å². The Morgan fingerprint density at radius 3 is 2.19 bits per heavy atom. The molecule has 5 nitrogen and oxygen atoms in total. The van der Waals surface area contributed by atoms with Gasteiger partial charge in [-0.15, -0.1) is 0 Å². The lowest BCUT2D eigenvalue weighted by Crippen LogP contribution is -2.55. The van der Waals surface area contributed by atoms with E-state index in [-0.39, 0.29) is 17.2 Å². The second-order valence-corrected chi connectivity index (χ2v) is 8.26. The van der Waals surface area contributed by atoms with Crippen LogP contribution in [-0.2, 0) is 16.1 Å². The Hall–Kier alpha value is -1.72. The molecule has 0 unspecified atom stereocenters. The summed E-state index contributed by atoms with van der Waals surface area (Å²) in [5.41, 5.74) is 2.48. The Labute approximate surface area is 156 Å². The Morgan fingerprint density at radius 2 is 1.62 bits per heavy atom. The van der Waals surface area contributed by atoms with Crippen LogP contribution >= 0.6 is 0 Å². The normalized spacial score (nSPS) is 22.0. The van der Waals surface area contributed by atoms with Crippen LogP contribution < -0.4 is 0 Å². The third kappa shape index (κ3) is 4.51. The maximum atomic E-state index is 12.5. The molecule has 2 aliphatic rings. The minimum atomic E-state index is -0.156. The van der Waals surface area contributed by atoms with E-state index in [4.69, 9.17) is 0 Å². The van der Waals surface area contributed by atoms with Gasteiger partial charge in [-0.3, -0.25) is 24.3 Å². The van der Waals surface area contributed by atoms with Crippen molar-refractivity contribution in [2.24, 2.45) is 5.41 Å². The molecule has 2 aliphatic heterocycles. The smallest absolute Gasteiger partial charge is 0.230 e. The summed E-state index contributed by atoms with van der Waals surface area (Å²) in [7, 11) is 0. The first-order valence-electron chi connectivity index (χ1n) is 9.72. The van der Waals surface area contributed by atoms with Gasteiger partial charge in [0.2, 0.25) is 11.8 Å². The Morgan fingerprint density at radius 1 is 1.00 bits per heavy atom. The van der Waals surface area contributed by atoms with Crippen molar-refractivity contribution in [2.45, 2.75) is 46.6 Å². The van der Waals surface area contributed by atoms with Crippen LogP contribution in [0.15, 0.2) is 24.3 Å². The first kappa shape index (κ1) is 19.1. The lowest BCUT2D eigenvalue weighted by molar-refractivity contribution is -0.156. The summed E-state index contributed by atoms with van der Waals surface area (Å²) in [6.07, 6.45) is 1.85. The Bertz CT molecular complexity index is 647. The number of piperazine rings is 1. The van der Waals surface area contributed by atoms with Crippen LogP contribution in [0, 0.1) is 12.3 Å². The zero-order valence-electron chi connectivity index (χ0n) is 16.3. The van der Waals surface area contributed by atoms with Crippen LogP contribution in [0.4, 0.5) is 0 Å². The summed E-state index contributed by atoms with van der Waals surface area (Å²) in [5.74, 6) is -0.0134. The fraction of sp³-hybridized carbons (Fsp3) is 0.619. The van der Waals surface area contributed by atoms with Gasteiger partial charge in [-0.05, 0) is 24.3 Å². The molecule has 0 atom stereocenters. The maximum absolute atomic E-state index is 12.5.